The summed E-state index contributed by atoms with van der Waals surface area (Å²) in [6.45, 7) is 6.95. The first-order valence-electron chi connectivity index (χ1n) is 16.6. The molecule has 4 rings (SSSR count). The Morgan fingerprint density at radius 2 is 1.64 bits per heavy atom. The molecule has 3 aromatic carbocycles. The molecule has 0 aliphatic carbocycles. The van der Waals surface area contributed by atoms with Crippen LogP contribution in [-0.4, -0.2) is 94.5 Å². The minimum Gasteiger partial charge on any atom is -0.485 e. The van der Waals surface area contributed by atoms with Crippen molar-refractivity contribution < 1.29 is 38.6 Å². The van der Waals surface area contributed by atoms with E-state index in [2.05, 4.69) is 10.6 Å². The molecule has 268 valence electrons. The molecule has 50 heavy (non-hydrogen) atoms. The van der Waals surface area contributed by atoms with Crippen LogP contribution in [0.4, 0.5) is 0 Å². The quantitative estimate of drug-likeness (QED) is 0.146. The highest BCUT2D eigenvalue weighted by Crippen LogP contribution is 2.26. The molecule has 1 saturated heterocycles. The first-order valence-corrected chi connectivity index (χ1v) is 16.6. The number of primary amides is 1. The number of Topliss-reactive ketones (excluding diaryl/α,β-unsaturated/α-hetero) is 1. The first kappa shape index (κ1) is 38.0. The number of nitrogens with zero attached hydrogens (tertiary/aromatic N) is 1. The molecule has 0 bridgehead atoms. The van der Waals surface area contributed by atoms with Crippen LogP contribution in [0.15, 0.2) is 72.8 Å². The zero-order valence-corrected chi connectivity index (χ0v) is 28.9. The maximum Gasteiger partial charge on any atom is 0.254 e. The fraction of sp³-hybridized carbons (Fsp3) is 0.432. The van der Waals surface area contributed by atoms with Crippen LogP contribution in [0.1, 0.15) is 46.1 Å². The van der Waals surface area contributed by atoms with E-state index in [1.807, 2.05) is 51.1 Å². The van der Waals surface area contributed by atoms with Gasteiger partial charge < -0.3 is 41.6 Å². The standard InChI is InChI=1S/C37H47N5O8/c1-5-49-25-19-28(33(46)41-36(2,3)4)42(21-25)34(47)32(45)27(18-23-12-7-6-8-13-23)40-35(48)37(39,20-31(38)44)30(43)22-50-29-17-11-15-24-14-9-10-16-26(24)29/h6-17,25,27-28,32,45H,5,18-22,39H2,1-4H3,(H2,38,44)(H,40,48)(H,41,46)/t25-,27+,28+,32+,37-/m1/s1. The van der Waals surface area contributed by atoms with Gasteiger partial charge in [-0.1, -0.05) is 66.7 Å². The Hall–Kier alpha value is -4.85. The number of fused-ring (bicyclic) bond motifs is 1. The Kier molecular flexibility index (Phi) is 12.3. The van der Waals surface area contributed by atoms with Crippen LogP contribution >= 0.6 is 0 Å². The van der Waals surface area contributed by atoms with Gasteiger partial charge in [0.05, 0.1) is 18.6 Å². The Morgan fingerprint density at radius 3 is 2.30 bits per heavy atom. The number of rotatable bonds is 15. The molecule has 1 heterocycles. The molecule has 5 atom stereocenters. The van der Waals surface area contributed by atoms with Crippen LogP contribution < -0.4 is 26.8 Å². The Labute approximate surface area is 291 Å². The van der Waals surface area contributed by atoms with Crippen molar-refractivity contribution in [2.24, 2.45) is 11.5 Å². The third kappa shape index (κ3) is 9.43. The third-order valence-corrected chi connectivity index (χ3v) is 8.46. The van der Waals surface area contributed by atoms with E-state index in [-0.39, 0.29) is 19.4 Å². The zero-order chi connectivity index (χ0) is 36.6. The van der Waals surface area contributed by atoms with Gasteiger partial charge in [-0.3, -0.25) is 24.0 Å². The molecular formula is C37H47N5O8. The van der Waals surface area contributed by atoms with Gasteiger partial charge in [-0.2, -0.15) is 0 Å². The molecule has 4 amide bonds. The number of aliphatic hydroxyl groups is 1. The molecule has 13 nitrogen and oxygen atoms in total. The Bertz CT molecular complexity index is 1690. The second-order valence-corrected chi connectivity index (χ2v) is 13.6. The van der Waals surface area contributed by atoms with E-state index in [0.29, 0.717) is 17.9 Å². The number of nitrogens with one attached hydrogen (secondary N) is 2. The highest BCUT2D eigenvalue weighted by Gasteiger charge is 2.47. The van der Waals surface area contributed by atoms with E-state index in [4.69, 9.17) is 20.9 Å². The van der Waals surface area contributed by atoms with Crippen molar-refractivity contribution in [2.45, 2.75) is 82.3 Å². The number of hydrogen-bond acceptors (Lipinski definition) is 9. The van der Waals surface area contributed by atoms with Crippen LogP contribution in [-0.2, 0) is 35.1 Å². The molecule has 0 radical (unpaired) electrons. The summed E-state index contributed by atoms with van der Waals surface area (Å²) in [7, 11) is 0. The molecule has 1 aliphatic heterocycles. The molecule has 13 heteroatoms. The van der Waals surface area contributed by atoms with E-state index < -0.39 is 77.8 Å². The molecule has 1 aliphatic rings. The predicted octanol–water partition coefficient (Wildman–Crippen LogP) is 1.37. The van der Waals surface area contributed by atoms with Crippen molar-refractivity contribution in [1.82, 2.24) is 15.5 Å². The average molecular weight is 690 g/mol. The van der Waals surface area contributed by atoms with Gasteiger partial charge >= 0.3 is 0 Å². The zero-order valence-electron chi connectivity index (χ0n) is 28.9. The van der Waals surface area contributed by atoms with Crippen molar-refractivity contribution in [3.63, 3.8) is 0 Å². The number of hydrogen-bond donors (Lipinski definition) is 5. The van der Waals surface area contributed by atoms with Crippen LogP contribution in [0.3, 0.4) is 0 Å². The molecule has 3 aromatic rings. The van der Waals surface area contributed by atoms with Crippen molar-refractivity contribution in [1.29, 1.82) is 0 Å². The van der Waals surface area contributed by atoms with Gasteiger partial charge in [0.15, 0.2) is 17.4 Å². The van der Waals surface area contributed by atoms with Crippen molar-refractivity contribution in [2.75, 3.05) is 19.8 Å². The topological polar surface area (TPSA) is 203 Å². The second-order valence-electron chi connectivity index (χ2n) is 13.6. The van der Waals surface area contributed by atoms with Gasteiger partial charge in [-0.05, 0) is 51.1 Å². The summed E-state index contributed by atoms with van der Waals surface area (Å²) in [4.78, 5) is 68.3. The van der Waals surface area contributed by atoms with E-state index in [1.54, 1.807) is 49.4 Å². The number of benzene rings is 3. The van der Waals surface area contributed by atoms with Crippen LogP contribution in [0.5, 0.6) is 5.75 Å². The van der Waals surface area contributed by atoms with Crippen LogP contribution in [0.2, 0.25) is 0 Å². The summed E-state index contributed by atoms with van der Waals surface area (Å²) >= 11 is 0. The third-order valence-electron chi connectivity index (χ3n) is 8.46. The molecule has 0 unspecified atom stereocenters. The average Bonchev–Trinajstić information content (AvgIpc) is 3.49. The fourth-order valence-corrected chi connectivity index (χ4v) is 6.02. The molecular weight excluding hydrogens is 642 g/mol. The number of carbonyl (C=O) groups is 5. The largest absolute Gasteiger partial charge is 0.485 e. The summed E-state index contributed by atoms with van der Waals surface area (Å²) in [6.07, 6.45) is -3.06. The minimum atomic E-state index is -2.50. The lowest BCUT2D eigenvalue weighted by atomic mass is 9.88. The van der Waals surface area contributed by atoms with Crippen molar-refractivity contribution >= 4 is 40.2 Å². The summed E-state index contributed by atoms with van der Waals surface area (Å²) in [5.41, 5.74) is 9.39. The highest BCUT2D eigenvalue weighted by molar-refractivity contribution is 6.13. The van der Waals surface area contributed by atoms with Gasteiger partial charge in [0.25, 0.3) is 5.91 Å². The number of carbonyl (C=O) groups excluding carboxylic acids is 5. The smallest absolute Gasteiger partial charge is 0.254 e. The molecule has 0 saturated carbocycles. The van der Waals surface area contributed by atoms with E-state index in [1.165, 1.54) is 4.90 Å². The fourth-order valence-electron chi connectivity index (χ4n) is 6.02. The number of ether oxygens (including phenoxy) is 2. The molecule has 0 aromatic heterocycles. The van der Waals surface area contributed by atoms with Gasteiger partial charge in [-0.25, -0.2) is 0 Å². The summed E-state index contributed by atoms with van der Waals surface area (Å²) in [5.74, 6) is -3.98. The molecule has 7 N–H and O–H groups in total. The number of amides is 4. The Balaban J connectivity index is 1.60. The number of nitrogens with two attached hydrogens (primary N) is 2. The van der Waals surface area contributed by atoms with E-state index in [9.17, 15) is 29.1 Å². The van der Waals surface area contributed by atoms with Crippen LogP contribution in [0.25, 0.3) is 10.8 Å². The lowest BCUT2D eigenvalue weighted by Crippen LogP contribution is -2.66. The highest BCUT2D eigenvalue weighted by atomic mass is 16.5. The second kappa shape index (κ2) is 16.2. The van der Waals surface area contributed by atoms with Gasteiger partial charge in [0.1, 0.15) is 18.4 Å². The van der Waals surface area contributed by atoms with E-state index in [0.717, 1.165) is 10.8 Å². The summed E-state index contributed by atoms with van der Waals surface area (Å²) in [6, 6.07) is 19.1. The normalized spacial score (nSPS) is 18.5. The lowest BCUT2D eigenvalue weighted by molar-refractivity contribution is -0.148. The summed E-state index contributed by atoms with van der Waals surface area (Å²) in [5, 5.41) is 18.6. The van der Waals surface area contributed by atoms with Crippen molar-refractivity contribution in [3.8, 4) is 5.75 Å². The maximum atomic E-state index is 14.0. The SMILES string of the molecule is CCO[C@@H]1C[C@@H](C(=O)NC(C)(C)C)N(C(=O)[C@@H](O)[C@H](Cc2ccccc2)NC(=O)[C@@](N)(CC(N)=O)C(=O)COc2cccc3ccccc23)C1. The minimum absolute atomic E-state index is 0.0322. The molecule has 1 fully saturated rings. The predicted molar refractivity (Wildman–Crippen MR) is 187 cm³/mol. The van der Waals surface area contributed by atoms with Crippen LogP contribution in [0, 0.1) is 0 Å². The number of aliphatic hydroxyl groups excluding tert-OH is 1. The summed E-state index contributed by atoms with van der Waals surface area (Å²) < 4.78 is 11.5. The number of likely N-dealkylation sites (tertiary alicyclic amines) is 1. The first-order chi connectivity index (χ1) is 23.6. The number of ketones is 1. The van der Waals surface area contributed by atoms with E-state index >= 15 is 0 Å². The maximum absolute atomic E-state index is 14.0. The van der Waals surface area contributed by atoms with Crippen molar-refractivity contribution in [3.05, 3.63) is 78.4 Å². The monoisotopic (exact) mass is 689 g/mol. The Morgan fingerprint density at radius 1 is 0.980 bits per heavy atom. The lowest BCUT2D eigenvalue weighted by Gasteiger charge is -2.33. The van der Waals surface area contributed by atoms with Gasteiger partial charge in [-0.15, -0.1) is 0 Å². The van der Waals surface area contributed by atoms with Gasteiger partial charge in [0.2, 0.25) is 17.7 Å². The van der Waals surface area contributed by atoms with Gasteiger partial charge in [0, 0.05) is 30.5 Å². The molecule has 0 spiro atoms.